The summed E-state index contributed by atoms with van der Waals surface area (Å²) in [5, 5.41) is 1.87. The van der Waals surface area contributed by atoms with Gasteiger partial charge in [-0.25, -0.2) is 18.7 Å². The molecule has 0 aliphatic rings. The smallest absolute Gasteiger partial charge is 0.269 e. The minimum Gasteiger partial charge on any atom is -0.299 e. The Morgan fingerprint density at radius 3 is 2.50 bits per heavy atom. The zero-order valence-electron chi connectivity index (χ0n) is 15.6. The van der Waals surface area contributed by atoms with Gasteiger partial charge in [0.1, 0.15) is 11.6 Å². The molecule has 0 N–H and O–H groups in total. The summed E-state index contributed by atoms with van der Waals surface area (Å²) >= 11 is 0. The number of benzene rings is 2. The van der Waals surface area contributed by atoms with E-state index >= 15 is 0 Å². The first-order chi connectivity index (χ1) is 14.6. The second-order valence-corrected chi connectivity index (χ2v) is 6.88. The van der Waals surface area contributed by atoms with Gasteiger partial charge < -0.3 is 0 Å². The van der Waals surface area contributed by atoms with Gasteiger partial charge in [-0.05, 0) is 52.9 Å². The Labute approximate surface area is 169 Å². The maximum atomic E-state index is 14.9. The van der Waals surface area contributed by atoms with E-state index in [2.05, 4.69) is 15.0 Å². The van der Waals surface area contributed by atoms with E-state index in [1.165, 1.54) is 16.7 Å². The number of fused-ring (bicyclic) bond motifs is 2. The molecule has 146 valence electrons. The van der Waals surface area contributed by atoms with E-state index in [1.54, 1.807) is 30.7 Å². The lowest BCUT2D eigenvalue weighted by atomic mass is 10.0. The van der Waals surface area contributed by atoms with Gasteiger partial charge in [0.15, 0.2) is 5.65 Å². The van der Waals surface area contributed by atoms with Crippen molar-refractivity contribution in [2.24, 2.45) is 0 Å². The Morgan fingerprint density at radius 2 is 1.67 bits per heavy atom. The summed E-state index contributed by atoms with van der Waals surface area (Å²) < 4.78 is 31.1. The van der Waals surface area contributed by atoms with E-state index in [9.17, 15) is 13.6 Å². The summed E-state index contributed by atoms with van der Waals surface area (Å²) in [6, 6.07) is 13.2. The second kappa shape index (κ2) is 7.11. The lowest BCUT2D eigenvalue weighted by molar-refractivity contribution is 0.545. The van der Waals surface area contributed by atoms with Gasteiger partial charge in [-0.2, -0.15) is 0 Å². The lowest BCUT2D eigenvalue weighted by Gasteiger charge is -2.12. The fourth-order valence-electron chi connectivity index (χ4n) is 3.51. The highest BCUT2D eigenvalue weighted by Gasteiger charge is 2.15. The zero-order valence-corrected chi connectivity index (χ0v) is 15.6. The molecule has 0 saturated carbocycles. The molecule has 0 atom stereocenters. The Bertz CT molecular complexity index is 1460. The van der Waals surface area contributed by atoms with E-state index in [0.717, 1.165) is 17.0 Å². The number of halogens is 2. The molecule has 3 aromatic heterocycles. The molecule has 30 heavy (non-hydrogen) atoms. The molecular formula is C23H14F2N4O. The Balaban J connectivity index is 1.58. The average molecular weight is 400 g/mol. The number of aromatic nitrogens is 4. The van der Waals surface area contributed by atoms with Crippen molar-refractivity contribution >= 4 is 21.9 Å². The molecule has 0 radical (unpaired) electrons. The molecule has 3 heterocycles. The lowest BCUT2D eigenvalue weighted by Crippen LogP contribution is -2.22. The van der Waals surface area contributed by atoms with E-state index in [-0.39, 0.29) is 12.1 Å². The number of rotatable bonds is 3. The third-order valence-corrected chi connectivity index (χ3v) is 5.05. The molecule has 0 saturated heterocycles. The molecule has 0 aliphatic carbocycles. The van der Waals surface area contributed by atoms with Gasteiger partial charge in [-0.15, -0.1) is 0 Å². The molecule has 0 amide bonds. The summed E-state index contributed by atoms with van der Waals surface area (Å²) in [4.78, 5) is 24.4. The van der Waals surface area contributed by atoms with Crippen molar-refractivity contribution < 1.29 is 8.78 Å². The molecule has 5 aromatic rings. The van der Waals surface area contributed by atoms with E-state index in [4.69, 9.17) is 0 Å². The molecule has 0 bridgehead atoms. The average Bonchev–Trinajstić information content (AvgIpc) is 2.77. The van der Waals surface area contributed by atoms with Gasteiger partial charge in [-0.3, -0.25) is 14.3 Å². The van der Waals surface area contributed by atoms with Gasteiger partial charge >= 0.3 is 0 Å². The summed E-state index contributed by atoms with van der Waals surface area (Å²) in [6.45, 7) is -0.261. The van der Waals surface area contributed by atoms with E-state index in [1.807, 2.05) is 24.3 Å². The Morgan fingerprint density at radius 1 is 0.833 bits per heavy atom. The highest BCUT2D eigenvalue weighted by atomic mass is 19.1. The summed E-state index contributed by atoms with van der Waals surface area (Å²) in [5.41, 5.74) is 1.18. The van der Waals surface area contributed by atoms with Gasteiger partial charge in [0.05, 0.1) is 18.3 Å². The first-order valence-corrected chi connectivity index (χ1v) is 9.23. The van der Waals surface area contributed by atoms with Crippen molar-refractivity contribution in [3.05, 3.63) is 101 Å². The van der Waals surface area contributed by atoms with Crippen molar-refractivity contribution in [1.82, 2.24) is 19.5 Å². The van der Waals surface area contributed by atoms with Crippen LogP contribution in [0.3, 0.4) is 0 Å². The first-order valence-electron chi connectivity index (χ1n) is 9.23. The van der Waals surface area contributed by atoms with Crippen LogP contribution in [0.2, 0.25) is 0 Å². The van der Waals surface area contributed by atoms with Crippen molar-refractivity contribution in [3.63, 3.8) is 0 Å². The van der Waals surface area contributed by atoms with Gasteiger partial charge in [0, 0.05) is 29.5 Å². The molecule has 7 heteroatoms. The minimum atomic E-state index is -0.725. The van der Waals surface area contributed by atoms with Crippen LogP contribution in [0.5, 0.6) is 0 Å². The number of nitrogens with zero attached hydrogens (tertiary/aromatic N) is 4. The van der Waals surface area contributed by atoms with E-state index < -0.39 is 17.2 Å². The third kappa shape index (κ3) is 3.10. The molecule has 5 rings (SSSR count). The maximum Gasteiger partial charge on any atom is 0.269 e. The van der Waals surface area contributed by atoms with Gasteiger partial charge in [-0.1, -0.05) is 12.1 Å². The Hall–Kier alpha value is -4.00. The van der Waals surface area contributed by atoms with Crippen LogP contribution < -0.4 is 5.56 Å². The predicted molar refractivity (Wildman–Crippen MR) is 110 cm³/mol. The predicted octanol–water partition coefficient (Wildman–Crippen LogP) is 4.33. The summed E-state index contributed by atoms with van der Waals surface area (Å²) in [6.07, 6.45) is 6.03. The van der Waals surface area contributed by atoms with Gasteiger partial charge in [0.2, 0.25) is 0 Å². The minimum absolute atomic E-state index is 0.195. The van der Waals surface area contributed by atoms with Crippen LogP contribution in [0.15, 0.2) is 78.1 Å². The quantitative estimate of drug-likeness (QED) is 0.452. The van der Waals surface area contributed by atoms with E-state index in [0.29, 0.717) is 22.3 Å². The monoisotopic (exact) mass is 400 g/mol. The molecule has 2 aromatic carbocycles. The van der Waals surface area contributed by atoms with Crippen molar-refractivity contribution in [2.75, 3.05) is 0 Å². The van der Waals surface area contributed by atoms with Crippen LogP contribution >= 0.6 is 0 Å². The van der Waals surface area contributed by atoms with Gasteiger partial charge in [0.25, 0.3) is 5.56 Å². The SMILES string of the molecule is O=c1cnc2ncccc2n1Cc1c(F)cc(-c2ccc3ccncc3c2)cc1F. The molecule has 0 unspecified atom stereocenters. The molecular weight excluding hydrogens is 386 g/mol. The highest BCUT2D eigenvalue weighted by molar-refractivity contribution is 5.86. The van der Waals surface area contributed by atoms with Crippen LogP contribution in [-0.4, -0.2) is 19.5 Å². The fraction of sp³-hybridized carbons (Fsp3) is 0.0435. The highest BCUT2D eigenvalue weighted by Crippen LogP contribution is 2.28. The topological polar surface area (TPSA) is 60.7 Å². The molecule has 0 aliphatic heterocycles. The third-order valence-electron chi connectivity index (χ3n) is 5.05. The Kier molecular flexibility index (Phi) is 4.28. The standard InChI is InChI=1S/C23H14F2N4O/c24-19-9-16(15-4-3-14-5-7-26-11-17(14)8-15)10-20(25)18(19)13-29-21-2-1-6-27-23(21)28-12-22(29)30/h1-12H,13H2. The molecule has 5 nitrogen and oxygen atoms in total. The summed E-state index contributed by atoms with van der Waals surface area (Å²) in [5.74, 6) is -1.45. The van der Waals surface area contributed by atoms with Crippen LogP contribution in [0.25, 0.3) is 33.1 Å². The fourth-order valence-corrected chi connectivity index (χ4v) is 3.51. The normalized spacial score (nSPS) is 11.3. The molecule has 0 fully saturated rings. The zero-order chi connectivity index (χ0) is 20.7. The van der Waals surface area contributed by atoms with Crippen LogP contribution in [0.4, 0.5) is 8.78 Å². The summed E-state index contributed by atoms with van der Waals surface area (Å²) in [7, 11) is 0. The first kappa shape index (κ1) is 18.1. The maximum absolute atomic E-state index is 14.9. The molecule has 0 spiro atoms. The van der Waals surface area contributed by atoms with Crippen LogP contribution in [-0.2, 0) is 6.54 Å². The second-order valence-electron chi connectivity index (χ2n) is 6.88. The number of hydrogen-bond acceptors (Lipinski definition) is 4. The number of pyridine rings is 2. The van der Waals surface area contributed by atoms with Crippen molar-refractivity contribution in [3.8, 4) is 11.1 Å². The van der Waals surface area contributed by atoms with Crippen LogP contribution in [0.1, 0.15) is 5.56 Å². The van der Waals surface area contributed by atoms with Crippen molar-refractivity contribution in [2.45, 2.75) is 6.54 Å². The van der Waals surface area contributed by atoms with Crippen LogP contribution in [0, 0.1) is 11.6 Å². The largest absolute Gasteiger partial charge is 0.299 e. The number of hydrogen-bond donors (Lipinski definition) is 0. The van der Waals surface area contributed by atoms with Crippen molar-refractivity contribution in [1.29, 1.82) is 0 Å².